The van der Waals surface area contributed by atoms with Crippen LogP contribution in [-0.4, -0.2) is 36.5 Å². The molecule has 0 fully saturated rings. The Bertz CT molecular complexity index is 672. The standard InChI is InChI=1S/C17H18O6/c1-11-9-12(18)10-13(19)16(11)17(20)23-8-7-22-15-6-4-3-5-14(15)21-2/h3-6,9-10,18-19H,7-8H2,1-2H3. The van der Waals surface area contributed by atoms with Crippen LogP contribution in [0.1, 0.15) is 15.9 Å². The van der Waals surface area contributed by atoms with Crippen LogP contribution in [0.2, 0.25) is 0 Å². The van der Waals surface area contributed by atoms with E-state index in [9.17, 15) is 15.0 Å². The van der Waals surface area contributed by atoms with Crippen LogP contribution in [-0.2, 0) is 4.74 Å². The first-order valence-corrected chi connectivity index (χ1v) is 6.98. The number of aryl methyl sites for hydroxylation is 1. The molecule has 6 heteroatoms. The summed E-state index contributed by atoms with van der Waals surface area (Å²) in [6.45, 7) is 1.75. The van der Waals surface area contributed by atoms with E-state index in [4.69, 9.17) is 14.2 Å². The number of aromatic hydroxyl groups is 2. The minimum atomic E-state index is -0.677. The van der Waals surface area contributed by atoms with Crippen molar-refractivity contribution in [2.75, 3.05) is 20.3 Å². The maximum Gasteiger partial charge on any atom is 0.342 e. The van der Waals surface area contributed by atoms with Crippen LogP contribution >= 0.6 is 0 Å². The van der Waals surface area contributed by atoms with E-state index in [0.717, 1.165) is 6.07 Å². The summed E-state index contributed by atoms with van der Waals surface area (Å²) in [5.74, 6) is 0.0263. The number of phenols is 2. The molecule has 0 saturated carbocycles. The molecule has 0 spiro atoms. The average Bonchev–Trinajstić information content (AvgIpc) is 2.51. The fourth-order valence-electron chi connectivity index (χ4n) is 2.11. The van der Waals surface area contributed by atoms with Crippen LogP contribution in [0.3, 0.4) is 0 Å². The molecule has 0 aliphatic carbocycles. The van der Waals surface area contributed by atoms with Crippen molar-refractivity contribution in [3.8, 4) is 23.0 Å². The zero-order valence-corrected chi connectivity index (χ0v) is 12.9. The molecule has 23 heavy (non-hydrogen) atoms. The first-order valence-electron chi connectivity index (χ1n) is 6.98. The van der Waals surface area contributed by atoms with Crippen molar-refractivity contribution in [1.29, 1.82) is 0 Å². The second kappa shape index (κ2) is 7.40. The van der Waals surface area contributed by atoms with Gasteiger partial charge in [0, 0.05) is 6.07 Å². The Balaban J connectivity index is 1.91. The highest BCUT2D eigenvalue weighted by molar-refractivity contribution is 5.94. The number of esters is 1. The Hall–Kier alpha value is -2.89. The van der Waals surface area contributed by atoms with Crippen molar-refractivity contribution in [1.82, 2.24) is 0 Å². The summed E-state index contributed by atoms with van der Waals surface area (Å²) in [4.78, 5) is 12.0. The Morgan fingerprint density at radius 2 is 1.78 bits per heavy atom. The maximum absolute atomic E-state index is 12.0. The van der Waals surface area contributed by atoms with Crippen LogP contribution < -0.4 is 9.47 Å². The Morgan fingerprint density at radius 3 is 2.43 bits per heavy atom. The molecule has 0 saturated heterocycles. The molecule has 0 heterocycles. The smallest absolute Gasteiger partial charge is 0.342 e. The molecule has 0 aromatic heterocycles. The average molecular weight is 318 g/mol. The molecule has 2 rings (SSSR count). The van der Waals surface area contributed by atoms with Crippen molar-refractivity contribution < 1.29 is 29.2 Å². The first-order chi connectivity index (χ1) is 11.0. The number of methoxy groups -OCH3 is 1. The maximum atomic E-state index is 12.0. The predicted octanol–water partition coefficient (Wildman–Crippen LogP) is 2.65. The van der Waals surface area contributed by atoms with Gasteiger partial charge in [-0.2, -0.15) is 0 Å². The first kappa shape index (κ1) is 16.5. The molecule has 0 amide bonds. The highest BCUT2D eigenvalue weighted by Gasteiger charge is 2.17. The summed E-state index contributed by atoms with van der Waals surface area (Å²) in [7, 11) is 1.54. The van der Waals surface area contributed by atoms with E-state index in [1.165, 1.54) is 6.07 Å². The van der Waals surface area contributed by atoms with Gasteiger partial charge in [-0.05, 0) is 30.7 Å². The highest BCUT2D eigenvalue weighted by Crippen LogP contribution is 2.28. The third kappa shape index (κ3) is 4.06. The fourth-order valence-corrected chi connectivity index (χ4v) is 2.11. The normalized spacial score (nSPS) is 10.2. The lowest BCUT2D eigenvalue weighted by Gasteiger charge is -2.12. The van der Waals surface area contributed by atoms with Gasteiger partial charge in [0.25, 0.3) is 0 Å². The van der Waals surface area contributed by atoms with Crippen molar-refractivity contribution in [3.63, 3.8) is 0 Å². The molecular formula is C17H18O6. The van der Waals surface area contributed by atoms with E-state index in [-0.39, 0.29) is 30.3 Å². The largest absolute Gasteiger partial charge is 0.508 e. The van der Waals surface area contributed by atoms with Gasteiger partial charge in [-0.25, -0.2) is 4.79 Å². The summed E-state index contributed by atoms with van der Waals surface area (Å²) in [6, 6.07) is 9.61. The number of carbonyl (C=O) groups excluding carboxylic acids is 1. The van der Waals surface area contributed by atoms with Gasteiger partial charge in [-0.1, -0.05) is 12.1 Å². The third-order valence-electron chi connectivity index (χ3n) is 3.15. The Labute approximate surface area is 133 Å². The summed E-state index contributed by atoms with van der Waals surface area (Å²) < 4.78 is 15.7. The minimum absolute atomic E-state index is 0.0106. The van der Waals surface area contributed by atoms with Crippen LogP contribution in [0.25, 0.3) is 0 Å². The number of hydrogen-bond donors (Lipinski definition) is 2. The number of para-hydroxylation sites is 2. The molecule has 0 aliphatic heterocycles. The van der Waals surface area contributed by atoms with Gasteiger partial charge in [0.15, 0.2) is 11.5 Å². The second-order valence-corrected chi connectivity index (χ2v) is 4.79. The number of ether oxygens (including phenoxy) is 3. The topological polar surface area (TPSA) is 85.2 Å². The Morgan fingerprint density at radius 1 is 1.09 bits per heavy atom. The molecule has 0 unspecified atom stereocenters. The molecule has 0 aliphatic rings. The van der Waals surface area contributed by atoms with Gasteiger partial charge < -0.3 is 24.4 Å². The second-order valence-electron chi connectivity index (χ2n) is 4.79. The van der Waals surface area contributed by atoms with E-state index in [1.54, 1.807) is 26.2 Å². The van der Waals surface area contributed by atoms with Gasteiger partial charge in [-0.3, -0.25) is 0 Å². The third-order valence-corrected chi connectivity index (χ3v) is 3.15. The summed E-state index contributed by atoms with van der Waals surface area (Å²) in [6.07, 6.45) is 0. The lowest BCUT2D eigenvalue weighted by molar-refractivity contribution is 0.0445. The van der Waals surface area contributed by atoms with Gasteiger partial charge in [-0.15, -0.1) is 0 Å². The Kier molecular flexibility index (Phi) is 5.30. The lowest BCUT2D eigenvalue weighted by atomic mass is 10.1. The van der Waals surface area contributed by atoms with Crippen molar-refractivity contribution in [3.05, 3.63) is 47.5 Å². The van der Waals surface area contributed by atoms with E-state index >= 15 is 0 Å². The molecular weight excluding hydrogens is 300 g/mol. The zero-order chi connectivity index (χ0) is 16.8. The molecule has 0 bridgehead atoms. The molecule has 2 aromatic rings. The zero-order valence-electron chi connectivity index (χ0n) is 12.9. The number of rotatable bonds is 6. The van der Waals surface area contributed by atoms with Crippen molar-refractivity contribution in [2.24, 2.45) is 0 Å². The number of benzene rings is 2. The minimum Gasteiger partial charge on any atom is -0.508 e. The summed E-state index contributed by atoms with van der Waals surface area (Å²) in [5.41, 5.74) is 0.457. The monoisotopic (exact) mass is 318 g/mol. The molecule has 122 valence electrons. The number of hydrogen-bond acceptors (Lipinski definition) is 6. The fraction of sp³-hybridized carbons (Fsp3) is 0.235. The predicted molar refractivity (Wildman–Crippen MR) is 83.3 cm³/mol. The van der Waals surface area contributed by atoms with Gasteiger partial charge in [0.1, 0.15) is 30.3 Å². The summed E-state index contributed by atoms with van der Waals surface area (Å²) in [5, 5.41) is 19.1. The highest BCUT2D eigenvalue weighted by atomic mass is 16.6. The molecule has 0 atom stereocenters. The summed E-state index contributed by atoms with van der Waals surface area (Å²) >= 11 is 0. The van der Waals surface area contributed by atoms with Gasteiger partial charge in [0.2, 0.25) is 0 Å². The van der Waals surface area contributed by atoms with E-state index in [2.05, 4.69) is 0 Å². The molecule has 2 aromatic carbocycles. The van der Waals surface area contributed by atoms with E-state index in [1.807, 2.05) is 12.1 Å². The van der Waals surface area contributed by atoms with Crippen LogP contribution in [0.5, 0.6) is 23.0 Å². The van der Waals surface area contributed by atoms with Crippen LogP contribution in [0, 0.1) is 6.92 Å². The van der Waals surface area contributed by atoms with E-state index in [0.29, 0.717) is 17.1 Å². The van der Waals surface area contributed by atoms with Crippen molar-refractivity contribution in [2.45, 2.75) is 6.92 Å². The molecule has 2 N–H and O–H groups in total. The van der Waals surface area contributed by atoms with Crippen molar-refractivity contribution >= 4 is 5.97 Å². The van der Waals surface area contributed by atoms with Crippen LogP contribution in [0.15, 0.2) is 36.4 Å². The number of carbonyl (C=O) groups is 1. The number of phenolic OH excluding ortho intramolecular Hbond substituents is 2. The SMILES string of the molecule is COc1ccccc1OCCOC(=O)c1c(C)cc(O)cc1O. The molecule has 6 nitrogen and oxygen atoms in total. The van der Waals surface area contributed by atoms with E-state index < -0.39 is 5.97 Å². The van der Waals surface area contributed by atoms with Crippen LogP contribution in [0.4, 0.5) is 0 Å². The van der Waals surface area contributed by atoms with Gasteiger partial charge >= 0.3 is 5.97 Å². The molecule has 0 radical (unpaired) electrons. The van der Waals surface area contributed by atoms with Gasteiger partial charge in [0.05, 0.1) is 7.11 Å². The lowest BCUT2D eigenvalue weighted by Crippen LogP contribution is -2.13. The quantitative estimate of drug-likeness (QED) is 0.629.